The van der Waals surface area contributed by atoms with Crippen molar-refractivity contribution in [2.45, 2.75) is 25.5 Å². The third kappa shape index (κ3) is 1.75. The lowest BCUT2D eigenvalue weighted by Gasteiger charge is -2.22. The molecule has 0 amide bonds. The number of carbonyl (C=O) groups excluding carboxylic acids is 1. The van der Waals surface area contributed by atoms with E-state index in [4.69, 9.17) is 4.74 Å². The number of pyridine rings is 1. The van der Waals surface area contributed by atoms with Gasteiger partial charge >= 0.3 is 0 Å². The molecule has 1 saturated heterocycles. The summed E-state index contributed by atoms with van der Waals surface area (Å²) in [6.07, 6.45) is 6.55. The fraction of sp³-hybridized carbons (Fsp3) is 0.357. The molecule has 0 saturated carbocycles. The molecule has 1 fully saturated rings. The van der Waals surface area contributed by atoms with Gasteiger partial charge in [0.05, 0.1) is 5.56 Å². The molecule has 20 heavy (non-hydrogen) atoms. The van der Waals surface area contributed by atoms with Crippen molar-refractivity contribution >= 4 is 21.7 Å². The van der Waals surface area contributed by atoms with Gasteiger partial charge in [0.2, 0.25) is 5.78 Å². The number of fused-ring (bicyclic) bond motifs is 3. The Hall–Kier alpha value is -1.53. The summed E-state index contributed by atoms with van der Waals surface area (Å²) in [4.78, 5) is 16.5. The SMILES string of the molecule is O=C1c2cn(C3CCCCO3)nc2-c2cc(Br)cnc21. The lowest BCUT2D eigenvalue weighted by molar-refractivity contribution is -0.0393. The lowest BCUT2D eigenvalue weighted by atomic mass is 10.2. The van der Waals surface area contributed by atoms with Crippen molar-refractivity contribution in [2.24, 2.45) is 0 Å². The van der Waals surface area contributed by atoms with Crippen LogP contribution in [0.15, 0.2) is 22.9 Å². The predicted molar refractivity (Wildman–Crippen MR) is 75.4 cm³/mol. The molecular weight excluding hydrogens is 322 g/mol. The standard InChI is InChI=1S/C14H12BrN3O2/c15-8-5-9-12-10(14(19)13(9)16-6-8)7-18(17-12)11-3-1-2-4-20-11/h5-7,11H,1-4H2. The van der Waals surface area contributed by atoms with E-state index in [-0.39, 0.29) is 12.0 Å². The zero-order valence-electron chi connectivity index (χ0n) is 10.7. The highest BCUT2D eigenvalue weighted by Crippen LogP contribution is 2.37. The van der Waals surface area contributed by atoms with Crippen LogP contribution in [0, 0.1) is 0 Å². The van der Waals surface area contributed by atoms with Gasteiger partial charge in [0.25, 0.3) is 0 Å². The molecule has 6 heteroatoms. The van der Waals surface area contributed by atoms with Crippen molar-refractivity contribution < 1.29 is 9.53 Å². The highest BCUT2D eigenvalue weighted by Gasteiger charge is 2.33. The minimum absolute atomic E-state index is 0.0503. The first-order valence-electron chi connectivity index (χ1n) is 6.65. The van der Waals surface area contributed by atoms with Crippen LogP contribution in [0.1, 0.15) is 41.5 Å². The zero-order chi connectivity index (χ0) is 13.7. The monoisotopic (exact) mass is 333 g/mol. The molecule has 1 aliphatic heterocycles. The summed E-state index contributed by atoms with van der Waals surface area (Å²) >= 11 is 3.39. The number of ether oxygens (including phenoxy) is 1. The Morgan fingerprint density at radius 1 is 1.30 bits per heavy atom. The summed E-state index contributed by atoms with van der Waals surface area (Å²) in [6.45, 7) is 0.757. The van der Waals surface area contributed by atoms with E-state index < -0.39 is 0 Å². The van der Waals surface area contributed by atoms with Crippen molar-refractivity contribution in [1.82, 2.24) is 14.8 Å². The van der Waals surface area contributed by atoms with Gasteiger partial charge in [-0.05, 0) is 41.3 Å². The quantitative estimate of drug-likeness (QED) is 0.687. The van der Waals surface area contributed by atoms with E-state index in [9.17, 15) is 4.79 Å². The maximum Gasteiger partial charge on any atom is 0.215 e. The van der Waals surface area contributed by atoms with E-state index in [1.165, 1.54) is 0 Å². The minimum Gasteiger partial charge on any atom is -0.357 e. The Bertz CT molecular complexity index is 704. The van der Waals surface area contributed by atoms with Gasteiger partial charge in [-0.15, -0.1) is 0 Å². The molecule has 1 aliphatic carbocycles. The van der Waals surface area contributed by atoms with Gasteiger partial charge in [-0.3, -0.25) is 9.78 Å². The normalized spacial score (nSPS) is 20.9. The van der Waals surface area contributed by atoms with E-state index >= 15 is 0 Å². The van der Waals surface area contributed by atoms with Crippen LogP contribution in [0.4, 0.5) is 0 Å². The molecule has 1 atom stereocenters. The van der Waals surface area contributed by atoms with E-state index in [2.05, 4.69) is 26.0 Å². The Balaban J connectivity index is 1.79. The Kier molecular flexibility index (Phi) is 2.75. The molecule has 5 nitrogen and oxygen atoms in total. The highest BCUT2D eigenvalue weighted by atomic mass is 79.9. The Morgan fingerprint density at radius 3 is 3.00 bits per heavy atom. The number of carbonyl (C=O) groups is 1. The van der Waals surface area contributed by atoms with Crippen molar-refractivity contribution in [3.8, 4) is 11.3 Å². The van der Waals surface area contributed by atoms with Crippen molar-refractivity contribution in [1.29, 1.82) is 0 Å². The number of ketones is 1. The van der Waals surface area contributed by atoms with Crippen LogP contribution in [0.5, 0.6) is 0 Å². The van der Waals surface area contributed by atoms with E-state index in [1.807, 2.05) is 6.07 Å². The van der Waals surface area contributed by atoms with E-state index in [1.54, 1.807) is 17.1 Å². The van der Waals surface area contributed by atoms with Gasteiger partial charge in [-0.1, -0.05) is 0 Å². The highest BCUT2D eigenvalue weighted by molar-refractivity contribution is 9.10. The fourth-order valence-corrected chi connectivity index (χ4v) is 3.10. The largest absolute Gasteiger partial charge is 0.357 e. The molecule has 2 aromatic rings. The second-order valence-corrected chi connectivity index (χ2v) is 5.99. The van der Waals surface area contributed by atoms with Gasteiger partial charge in [-0.2, -0.15) is 5.10 Å². The summed E-state index contributed by atoms with van der Waals surface area (Å²) in [5.74, 6) is -0.0513. The van der Waals surface area contributed by atoms with Gasteiger partial charge in [0.15, 0.2) is 0 Å². The molecule has 102 valence electrons. The molecule has 0 bridgehead atoms. The molecule has 0 radical (unpaired) electrons. The zero-order valence-corrected chi connectivity index (χ0v) is 12.3. The number of aromatic nitrogens is 3. The first-order valence-corrected chi connectivity index (χ1v) is 7.45. The van der Waals surface area contributed by atoms with Crippen LogP contribution in [0.25, 0.3) is 11.3 Å². The molecular formula is C14H12BrN3O2. The maximum atomic E-state index is 12.3. The van der Waals surface area contributed by atoms with Gasteiger partial charge in [-0.25, -0.2) is 4.68 Å². The van der Waals surface area contributed by atoms with Crippen molar-refractivity contribution in [3.05, 3.63) is 34.2 Å². The van der Waals surface area contributed by atoms with Crippen LogP contribution in [-0.2, 0) is 4.74 Å². The summed E-state index contributed by atoms with van der Waals surface area (Å²) in [5.41, 5.74) is 2.63. The number of hydrogen-bond donors (Lipinski definition) is 0. The first kappa shape index (κ1) is 12.2. The van der Waals surface area contributed by atoms with Crippen molar-refractivity contribution in [3.63, 3.8) is 0 Å². The van der Waals surface area contributed by atoms with Crippen LogP contribution < -0.4 is 0 Å². The molecule has 0 aromatic carbocycles. The molecule has 3 heterocycles. The van der Waals surface area contributed by atoms with Crippen molar-refractivity contribution in [2.75, 3.05) is 6.61 Å². The number of hydrogen-bond acceptors (Lipinski definition) is 4. The average molecular weight is 334 g/mol. The topological polar surface area (TPSA) is 57.0 Å². The Labute approximate surface area is 124 Å². The number of halogens is 1. The summed E-state index contributed by atoms with van der Waals surface area (Å²) in [7, 11) is 0. The summed E-state index contributed by atoms with van der Waals surface area (Å²) < 4.78 is 8.34. The number of nitrogens with zero attached hydrogens (tertiary/aromatic N) is 3. The first-order chi connectivity index (χ1) is 9.74. The molecule has 2 aliphatic rings. The third-order valence-electron chi connectivity index (χ3n) is 3.75. The molecule has 0 N–H and O–H groups in total. The van der Waals surface area contributed by atoms with Crippen LogP contribution in [0.3, 0.4) is 0 Å². The van der Waals surface area contributed by atoms with Gasteiger partial charge in [0.1, 0.15) is 17.6 Å². The van der Waals surface area contributed by atoms with Gasteiger partial charge < -0.3 is 4.74 Å². The minimum atomic E-state index is -0.0513. The second kappa shape index (κ2) is 4.49. The lowest BCUT2D eigenvalue weighted by Crippen LogP contribution is -2.18. The van der Waals surface area contributed by atoms with Gasteiger partial charge in [0, 0.05) is 29.0 Å². The summed E-state index contributed by atoms with van der Waals surface area (Å²) in [6, 6.07) is 1.89. The number of rotatable bonds is 1. The van der Waals surface area contributed by atoms with Crippen LogP contribution >= 0.6 is 15.9 Å². The van der Waals surface area contributed by atoms with Crippen LogP contribution in [-0.4, -0.2) is 27.2 Å². The Morgan fingerprint density at radius 2 is 2.20 bits per heavy atom. The average Bonchev–Trinajstić information content (AvgIpc) is 3.01. The fourth-order valence-electron chi connectivity index (χ4n) is 2.76. The molecule has 1 unspecified atom stereocenters. The van der Waals surface area contributed by atoms with E-state index in [0.29, 0.717) is 17.0 Å². The summed E-state index contributed by atoms with van der Waals surface area (Å²) in [5, 5.41) is 4.56. The molecule has 2 aromatic heterocycles. The molecule has 0 spiro atoms. The maximum absolute atomic E-state index is 12.3. The smallest absolute Gasteiger partial charge is 0.215 e. The predicted octanol–water partition coefficient (Wildman–Crippen LogP) is 2.95. The van der Waals surface area contributed by atoms with E-state index in [0.717, 1.165) is 35.9 Å². The molecule has 4 rings (SSSR count). The second-order valence-electron chi connectivity index (χ2n) is 5.07. The van der Waals surface area contributed by atoms with Crippen LogP contribution in [0.2, 0.25) is 0 Å². The third-order valence-corrected chi connectivity index (χ3v) is 4.19.